The second-order valence-corrected chi connectivity index (χ2v) is 2.74. The summed E-state index contributed by atoms with van der Waals surface area (Å²) >= 11 is 8.51. The Kier molecular flexibility index (Phi) is 2.10. The van der Waals surface area contributed by atoms with Crippen LogP contribution >= 0.6 is 27.7 Å². The lowest BCUT2D eigenvalue weighted by Crippen LogP contribution is -2.22. The summed E-state index contributed by atoms with van der Waals surface area (Å²) in [4.78, 5) is 3.60. The van der Waals surface area contributed by atoms with Gasteiger partial charge in [0.05, 0.1) is 21.2 Å². The molecule has 0 amide bonds. The van der Waals surface area contributed by atoms with Crippen molar-refractivity contribution in [3.63, 3.8) is 0 Å². The molecule has 0 aromatic carbocycles. The first-order chi connectivity index (χ1) is 4.20. The molecule has 0 radical (unpaired) electrons. The van der Waals surface area contributed by atoms with Crippen molar-refractivity contribution in [2.45, 2.75) is 6.35 Å². The molecule has 1 atom stereocenters. The highest BCUT2D eigenvalue weighted by molar-refractivity contribution is 9.07. The predicted octanol–water partition coefficient (Wildman–Crippen LogP) is 1.04. The lowest BCUT2D eigenvalue weighted by atomic mass is 10.6. The maximum Gasteiger partial charge on any atom is 0.234 e. The topological polar surface area (TPSA) is 35.8 Å². The second-order valence-electron chi connectivity index (χ2n) is 1.48. The number of rotatable bonds is 0. The van der Waals surface area contributed by atoms with Gasteiger partial charge in [-0.15, -0.1) is 0 Å². The van der Waals surface area contributed by atoms with Crippen molar-refractivity contribution < 1.29 is 5.11 Å². The van der Waals surface area contributed by atoms with Crippen LogP contribution in [0.3, 0.4) is 0 Å². The Bertz CT molecular complexity index is 170. The maximum absolute atomic E-state index is 8.87. The van der Waals surface area contributed by atoms with Gasteiger partial charge in [-0.1, -0.05) is 11.6 Å². The Morgan fingerprint density at radius 1 is 1.89 bits per heavy atom. The molecule has 0 spiro atoms. The van der Waals surface area contributed by atoms with Crippen LogP contribution in [0.1, 0.15) is 0 Å². The van der Waals surface area contributed by atoms with Crippen LogP contribution in [0.2, 0.25) is 0 Å². The second kappa shape index (κ2) is 2.68. The van der Waals surface area contributed by atoms with E-state index in [2.05, 4.69) is 21.1 Å². The number of hydrogen-bond donors (Lipinski definition) is 1. The first-order valence-corrected chi connectivity index (χ1v) is 3.31. The highest BCUT2D eigenvalue weighted by Crippen LogP contribution is 2.14. The molecule has 1 heterocycles. The minimum Gasteiger partial charge on any atom is -0.354 e. The molecule has 1 N–H and O–H groups in total. The van der Waals surface area contributed by atoms with Gasteiger partial charge in [-0.05, 0) is 0 Å². The highest BCUT2D eigenvalue weighted by atomic mass is 79.9. The van der Waals surface area contributed by atoms with E-state index < -0.39 is 6.35 Å². The Labute approximate surface area is 66.0 Å². The molecule has 1 aliphatic heterocycles. The first-order valence-electron chi connectivity index (χ1n) is 2.23. The lowest BCUT2D eigenvalue weighted by molar-refractivity contribution is 0.110. The molecule has 50 valence electrons. The first kappa shape index (κ1) is 7.05. The normalized spacial score (nSPS) is 26.3. The minimum atomic E-state index is -0.854. The quantitative estimate of drug-likeness (QED) is 0.608. The summed E-state index contributed by atoms with van der Waals surface area (Å²) in [7, 11) is 0. The Morgan fingerprint density at radius 2 is 2.56 bits per heavy atom. The minimum absolute atomic E-state index is 0.483. The molecule has 0 saturated carbocycles. The van der Waals surface area contributed by atoms with Gasteiger partial charge < -0.3 is 5.11 Å². The van der Waals surface area contributed by atoms with Crippen LogP contribution in [-0.2, 0) is 0 Å². The van der Waals surface area contributed by atoms with Gasteiger partial charge in [0.25, 0.3) is 0 Å². The Morgan fingerprint density at radius 3 is 3.00 bits per heavy atom. The summed E-state index contributed by atoms with van der Waals surface area (Å²) in [6.07, 6.45) is 2.07. The summed E-state index contributed by atoms with van der Waals surface area (Å²) < 4.78 is 1.33. The van der Waals surface area contributed by atoms with E-state index in [0.29, 0.717) is 5.03 Å². The van der Waals surface area contributed by atoms with Crippen LogP contribution in [0.5, 0.6) is 0 Å². The molecule has 9 heavy (non-hydrogen) atoms. The van der Waals surface area contributed by atoms with Gasteiger partial charge in [-0.2, -0.15) is 0 Å². The molecule has 0 fully saturated rings. The molecule has 0 aliphatic carbocycles. The largest absolute Gasteiger partial charge is 0.354 e. The number of allylic oxidation sites excluding steroid dienone is 1. The SMILES string of the molecule is OC1N=CC(Cl)=CN1Br. The molecule has 0 bridgehead atoms. The van der Waals surface area contributed by atoms with Crippen molar-refractivity contribution in [3.8, 4) is 0 Å². The van der Waals surface area contributed by atoms with Crippen molar-refractivity contribution >= 4 is 34.0 Å². The molecule has 1 unspecified atom stereocenters. The van der Waals surface area contributed by atoms with Gasteiger partial charge >= 0.3 is 0 Å². The number of halogens is 2. The van der Waals surface area contributed by atoms with Crippen LogP contribution in [-0.4, -0.2) is 21.6 Å². The monoisotopic (exact) mass is 210 g/mol. The molecular weight excluding hydrogens is 207 g/mol. The molecule has 5 heteroatoms. The lowest BCUT2D eigenvalue weighted by Gasteiger charge is -2.17. The molecule has 0 saturated heterocycles. The number of aliphatic hydroxyl groups excluding tert-OH is 1. The van der Waals surface area contributed by atoms with Gasteiger partial charge in [-0.3, -0.25) is 3.93 Å². The smallest absolute Gasteiger partial charge is 0.234 e. The van der Waals surface area contributed by atoms with E-state index >= 15 is 0 Å². The summed E-state index contributed by atoms with van der Waals surface area (Å²) in [5.74, 6) is 0. The van der Waals surface area contributed by atoms with E-state index in [1.54, 1.807) is 0 Å². The average molecular weight is 211 g/mol. The molecule has 3 nitrogen and oxygen atoms in total. The fourth-order valence-corrected chi connectivity index (χ4v) is 1.03. The third-order valence-electron chi connectivity index (χ3n) is 0.798. The summed E-state index contributed by atoms with van der Waals surface area (Å²) in [6.45, 7) is 0. The highest BCUT2D eigenvalue weighted by Gasteiger charge is 2.10. The predicted molar refractivity (Wildman–Crippen MR) is 39.2 cm³/mol. The van der Waals surface area contributed by atoms with Crippen LogP contribution in [0.15, 0.2) is 16.2 Å². The van der Waals surface area contributed by atoms with Gasteiger partial charge in [0, 0.05) is 12.4 Å². The standard InChI is InChI=1S/C4H4BrClN2O/c5-8-2-3(6)1-7-4(8)9/h1-2,4,9H. The zero-order chi connectivity index (χ0) is 6.85. The van der Waals surface area contributed by atoms with Crippen molar-refractivity contribution in [2.75, 3.05) is 0 Å². The van der Waals surface area contributed by atoms with Crippen molar-refractivity contribution in [3.05, 3.63) is 11.2 Å². The van der Waals surface area contributed by atoms with E-state index in [0.717, 1.165) is 0 Å². The van der Waals surface area contributed by atoms with Gasteiger partial charge in [0.15, 0.2) is 0 Å². The van der Waals surface area contributed by atoms with Gasteiger partial charge in [0.2, 0.25) is 6.35 Å². The average Bonchev–Trinajstić information content (AvgIpc) is 1.80. The Balaban J connectivity index is 2.70. The molecule has 1 aliphatic rings. The van der Waals surface area contributed by atoms with Crippen molar-refractivity contribution in [2.24, 2.45) is 4.99 Å². The van der Waals surface area contributed by atoms with E-state index in [1.807, 2.05) is 0 Å². The zero-order valence-corrected chi connectivity index (χ0v) is 6.67. The van der Waals surface area contributed by atoms with Crippen LogP contribution < -0.4 is 0 Å². The zero-order valence-electron chi connectivity index (χ0n) is 4.33. The number of hydrogen-bond acceptors (Lipinski definition) is 3. The summed E-state index contributed by atoms with van der Waals surface area (Å²) in [5.41, 5.74) is 0. The fraction of sp³-hybridized carbons (Fsp3) is 0.250. The van der Waals surface area contributed by atoms with Gasteiger partial charge in [-0.25, -0.2) is 4.99 Å². The van der Waals surface area contributed by atoms with E-state index in [1.165, 1.54) is 16.3 Å². The number of aliphatic hydroxyl groups is 1. The maximum atomic E-state index is 8.87. The van der Waals surface area contributed by atoms with Crippen LogP contribution in [0, 0.1) is 0 Å². The number of nitrogens with zero attached hydrogens (tertiary/aromatic N) is 2. The van der Waals surface area contributed by atoms with Crippen molar-refractivity contribution in [1.29, 1.82) is 0 Å². The van der Waals surface area contributed by atoms with E-state index in [4.69, 9.17) is 16.7 Å². The van der Waals surface area contributed by atoms with Crippen LogP contribution in [0.4, 0.5) is 0 Å². The molecule has 0 aromatic rings. The van der Waals surface area contributed by atoms with Crippen LogP contribution in [0.25, 0.3) is 0 Å². The van der Waals surface area contributed by atoms with Gasteiger partial charge in [0.1, 0.15) is 0 Å². The summed E-state index contributed by atoms with van der Waals surface area (Å²) in [6, 6.07) is 0. The van der Waals surface area contributed by atoms with E-state index in [9.17, 15) is 0 Å². The Hall–Kier alpha value is -0.0600. The van der Waals surface area contributed by atoms with E-state index in [-0.39, 0.29) is 0 Å². The third-order valence-corrected chi connectivity index (χ3v) is 1.56. The molecule has 1 rings (SSSR count). The van der Waals surface area contributed by atoms with Crippen molar-refractivity contribution in [1.82, 2.24) is 3.93 Å². The summed E-state index contributed by atoms with van der Waals surface area (Å²) in [5, 5.41) is 9.36. The fourth-order valence-electron chi connectivity index (χ4n) is 0.419. The molecule has 0 aromatic heterocycles. The number of aliphatic imine (C=N–C) groups is 1. The molecular formula is C4H4BrClN2O. The third kappa shape index (κ3) is 1.67.